The van der Waals surface area contributed by atoms with Gasteiger partial charge >= 0.3 is 0 Å². The number of rotatable bonds is 10. The molecule has 0 bridgehead atoms. The van der Waals surface area contributed by atoms with Crippen LogP contribution in [0.5, 0.6) is 23.0 Å². The molecule has 162 valence electrons. The number of amides is 1. The Morgan fingerprint density at radius 3 is 2.63 bits per heavy atom. The molecule has 1 aliphatic rings. The Balaban J connectivity index is 1.43. The molecule has 1 aliphatic heterocycles. The third-order valence-corrected chi connectivity index (χ3v) is 5.03. The summed E-state index contributed by atoms with van der Waals surface area (Å²) in [4.78, 5) is 14.5. The zero-order chi connectivity index (χ0) is 21.3. The van der Waals surface area contributed by atoms with Gasteiger partial charge in [-0.1, -0.05) is 25.1 Å². The predicted molar refractivity (Wildman–Crippen MR) is 115 cm³/mol. The number of hydrogen-bond donors (Lipinski definition) is 1. The number of likely N-dealkylation sites (N-methyl/N-ethyl adjacent to an activating group) is 1. The SMILES string of the molecule is CCN(CC(=O)NCCc1ccc(OC)c(OC)c1)CC1COc2ccccc2O1. The van der Waals surface area contributed by atoms with Gasteiger partial charge in [0.2, 0.25) is 5.91 Å². The highest BCUT2D eigenvalue weighted by atomic mass is 16.6. The number of nitrogens with one attached hydrogen (secondary N) is 1. The molecule has 1 amide bonds. The first kappa shape index (κ1) is 21.8. The number of benzene rings is 2. The van der Waals surface area contributed by atoms with Crippen molar-refractivity contribution in [2.24, 2.45) is 0 Å². The molecule has 1 N–H and O–H groups in total. The molecular weight excluding hydrogens is 384 g/mol. The molecule has 0 aromatic heterocycles. The van der Waals surface area contributed by atoms with Crippen LogP contribution in [0, 0.1) is 0 Å². The van der Waals surface area contributed by atoms with Crippen LogP contribution in [0.15, 0.2) is 42.5 Å². The lowest BCUT2D eigenvalue weighted by molar-refractivity contribution is -0.122. The van der Waals surface area contributed by atoms with Gasteiger partial charge in [-0.05, 0) is 42.8 Å². The third kappa shape index (κ3) is 5.79. The van der Waals surface area contributed by atoms with Gasteiger partial charge in [0.15, 0.2) is 23.0 Å². The Bertz CT molecular complexity index is 842. The molecule has 0 radical (unpaired) electrons. The number of ether oxygens (including phenoxy) is 4. The number of fused-ring (bicyclic) bond motifs is 1. The van der Waals surface area contributed by atoms with Gasteiger partial charge in [0.05, 0.1) is 20.8 Å². The summed E-state index contributed by atoms with van der Waals surface area (Å²) in [6, 6.07) is 13.4. The minimum atomic E-state index is -0.0978. The lowest BCUT2D eigenvalue weighted by Crippen LogP contribution is -2.45. The van der Waals surface area contributed by atoms with E-state index < -0.39 is 0 Å². The monoisotopic (exact) mass is 414 g/mol. The van der Waals surface area contributed by atoms with E-state index in [1.54, 1.807) is 14.2 Å². The maximum Gasteiger partial charge on any atom is 0.234 e. The van der Waals surface area contributed by atoms with E-state index in [1.807, 2.05) is 49.4 Å². The van der Waals surface area contributed by atoms with Crippen LogP contribution in [0.25, 0.3) is 0 Å². The number of carbonyl (C=O) groups excluding carboxylic acids is 1. The summed E-state index contributed by atoms with van der Waals surface area (Å²) in [6.07, 6.45) is 0.619. The Morgan fingerprint density at radius 2 is 1.90 bits per heavy atom. The van der Waals surface area contributed by atoms with E-state index in [2.05, 4.69) is 10.2 Å². The Morgan fingerprint density at radius 1 is 1.13 bits per heavy atom. The van der Waals surface area contributed by atoms with Gasteiger partial charge in [0.25, 0.3) is 0 Å². The van der Waals surface area contributed by atoms with Gasteiger partial charge in [-0.3, -0.25) is 9.69 Å². The molecule has 30 heavy (non-hydrogen) atoms. The molecule has 2 aromatic rings. The van der Waals surface area contributed by atoms with Crippen LogP contribution in [-0.2, 0) is 11.2 Å². The fourth-order valence-electron chi connectivity index (χ4n) is 3.39. The van der Waals surface area contributed by atoms with Gasteiger partial charge in [0.1, 0.15) is 12.7 Å². The second-order valence-electron chi connectivity index (χ2n) is 7.11. The topological polar surface area (TPSA) is 69.3 Å². The molecule has 0 saturated carbocycles. The van der Waals surface area contributed by atoms with Crippen molar-refractivity contribution >= 4 is 5.91 Å². The first-order chi connectivity index (χ1) is 14.6. The molecule has 0 spiro atoms. The van der Waals surface area contributed by atoms with Crippen molar-refractivity contribution in [3.63, 3.8) is 0 Å². The molecule has 1 unspecified atom stereocenters. The number of hydrogen-bond acceptors (Lipinski definition) is 6. The highest BCUT2D eigenvalue weighted by Crippen LogP contribution is 2.31. The van der Waals surface area contributed by atoms with Crippen LogP contribution in [0.4, 0.5) is 0 Å². The van der Waals surface area contributed by atoms with Gasteiger partial charge in [-0.2, -0.15) is 0 Å². The van der Waals surface area contributed by atoms with Crippen LogP contribution in [0.2, 0.25) is 0 Å². The summed E-state index contributed by atoms with van der Waals surface area (Å²) in [5, 5.41) is 2.99. The third-order valence-electron chi connectivity index (χ3n) is 5.03. The fourth-order valence-corrected chi connectivity index (χ4v) is 3.39. The maximum atomic E-state index is 12.4. The van der Waals surface area contributed by atoms with Crippen LogP contribution in [-0.4, -0.2) is 63.9 Å². The number of nitrogens with zero attached hydrogens (tertiary/aromatic N) is 1. The van der Waals surface area contributed by atoms with Crippen molar-refractivity contribution < 1.29 is 23.7 Å². The summed E-state index contributed by atoms with van der Waals surface area (Å²) < 4.78 is 22.3. The minimum Gasteiger partial charge on any atom is -0.493 e. The largest absolute Gasteiger partial charge is 0.493 e. The van der Waals surface area contributed by atoms with Gasteiger partial charge in [-0.15, -0.1) is 0 Å². The predicted octanol–water partition coefficient (Wildman–Crippen LogP) is 2.52. The molecule has 7 heteroatoms. The lowest BCUT2D eigenvalue weighted by Gasteiger charge is -2.30. The summed E-state index contributed by atoms with van der Waals surface area (Å²) in [6.45, 7) is 4.79. The van der Waals surface area contributed by atoms with Gasteiger partial charge < -0.3 is 24.3 Å². The van der Waals surface area contributed by atoms with E-state index in [0.717, 1.165) is 23.6 Å². The van der Waals surface area contributed by atoms with E-state index in [-0.39, 0.29) is 12.0 Å². The molecule has 7 nitrogen and oxygen atoms in total. The van der Waals surface area contributed by atoms with E-state index in [1.165, 1.54) is 0 Å². The summed E-state index contributed by atoms with van der Waals surface area (Å²) >= 11 is 0. The first-order valence-electron chi connectivity index (χ1n) is 10.2. The highest BCUT2D eigenvalue weighted by Gasteiger charge is 2.23. The number of para-hydroxylation sites is 2. The molecule has 1 atom stereocenters. The molecule has 1 heterocycles. The molecular formula is C23H30N2O5. The normalized spacial score (nSPS) is 15.0. The summed E-state index contributed by atoms with van der Waals surface area (Å²) in [7, 11) is 3.23. The van der Waals surface area contributed by atoms with E-state index in [9.17, 15) is 4.79 Å². The van der Waals surface area contributed by atoms with E-state index in [0.29, 0.717) is 44.2 Å². The highest BCUT2D eigenvalue weighted by molar-refractivity contribution is 5.78. The van der Waals surface area contributed by atoms with Crippen LogP contribution in [0.3, 0.4) is 0 Å². The molecule has 0 aliphatic carbocycles. The van der Waals surface area contributed by atoms with Crippen molar-refractivity contribution in [1.29, 1.82) is 0 Å². The summed E-state index contributed by atoms with van der Waals surface area (Å²) in [5.74, 6) is 2.90. The molecule has 3 rings (SSSR count). The van der Waals surface area contributed by atoms with Crippen molar-refractivity contribution in [3.05, 3.63) is 48.0 Å². The number of carbonyl (C=O) groups is 1. The van der Waals surface area contributed by atoms with Crippen molar-refractivity contribution in [1.82, 2.24) is 10.2 Å². The molecule has 0 saturated heterocycles. The minimum absolute atomic E-state index is 0.00513. The Kier molecular flexibility index (Phi) is 7.79. The van der Waals surface area contributed by atoms with Crippen LogP contribution in [0.1, 0.15) is 12.5 Å². The van der Waals surface area contributed by atoms with Crippen LogP contribution < -0.4 is 24.3 Å². The van der Waals surface area contributed by atoms with Crippen molar-refractivity contribution in [2.45, 2.75) is 19.4 Å². The first-order valence-corrected chi connectivity index (χ1v) is 10.2. The summed E-state index contributed by atoms with van der Waals surface area (Å²) in [5.41, 5.74) is 1.08. The molecule has 2 aromatic carbocycles. The van der Waals surface area contributed by atoms with E-state index >= 15 is 0 Å². The fraction of sp³-hybridized carbons (Fsp3) is 0.435. The average Bonchev–Trinajstić information content (AvgIpc) is 2.78. The maximum absolute atomic E-state index is 12.4. The standard InChI is InChI=1S/C23H30N2O5/c1-4-25(14-18-16-29-20-7-5-6-8-21(20)30-18)15-23(26)24-12-11-17-9-10-19(27-2)22(13-17)28-3/h5-10,13,18H,4,11-12,14-16H2,1-3H3,(H,24,26). The number of methoxy groups -OCH3 is 2. The average molecular weight is 415 g/mol. The quantitative estimate of drug-likeness (QED) is 0.644. The smallest absolute Gasteiger partial charge is 0.234 e. The van der Waals surface area contributed by atoms with E-state index in [4.69, 9.17) is 18.9 Å². The second-order valence-corrected chi connectivity index (χ2v) is 7.11. The lowest BCUT2D eigenvalue weighted by atomic mass is 10.1. The van der Waals surface area contributed by atoms with Gasteiger partial charge in [-0.25, -0.2) is 0 Å². The zero-order valence-corrected chi connectivity index (χ0v) is 17.8. The molecule has 0 fully saturated rings. The van der Waals surface area contributed by atoms with Gasteiger partial charge in [0, 0.05) is 13.1 Å². The Hall–Kier alpha value is -2.93. The van der Waals surface area contributed by atoms with Crippen LogP contribution >= 0.6 is 0 Å². The zero-order valence-electron chi connectivity index (χ0n) is 17.8. The van der Waals surface area contributed by atoms with Crippen molar-refractivity contribution in [3.8, 4) is 23.0 Å². The second kappa shape index (κ2) is 10.7. The van der Waals surface area contributed by atoms with Crippen molar-refractivity contribution in [2.75, 3.05) is 47.0 Å². The Labute approximate surface area is 177 Å².